The van der Waals surface area contributed by atoms with E-state index in [1.165, 1.54) is 16.4 Å². The first-order valence-corrected chi connectivity index (χ1v) is 10.2. The summed E-state index contributed by atoms with van der Waals surface area (Å²) in [4.78, 5) is 13.8. The Labute approximate surface area is 160 Å². The number of carbonyl (C=O) groups is 1. The zero-order chi connectivity index (χ0) is 18.0. The molecule has 0 aromatic heterocycles. The summed E-state index contributed by atoms with van der Waals surface area (Å²) in [6.45, 7) is 1.86. The van der Waals surface area contributed by atoms with Crippen molar-refractivity contribution in [1.29, 1.82) is 0 Å². The Morgan fingerprint density at radius 2 is 1.81 bits per heavy atom. The summed E-state index contributed by atoms with van der Waals surface area (Å²) in [6, 6.07) is 3.31. The highest BCUT2D eigenvalue weighted by molar-refractivity contribution is 7.89. The molecule has 2 fully saturated rings. The fraction of sp³-hybridized carbons (Fsp3) is 0.588. The number of hydrogen-bond donors (Lipinski definition) is 1. The molecule has 2 aliphatic rings. The topological polar surface area (TPSA) is 83.7 Å². The number of rotatable bonds is 4. The first-order chi connectivity index (χ1) is 11.9. The van der Waals surface area contributed by atoms with Gasteiger partial charge in [0.05, 0.1) is 10.5 Å². The molecule has 0 spiro atoms. The smallest absolute Gasteiger partial charge is 0.256 e. The molecule has 1 atom stereocenters. The van der Waals surface area contributed by atoms with E-state index in [2.05, 4.69) is 0 Å². The van der Waals surface area contributed by atoms with E-state index in [4.69, 9.17) is 5.73 Å². The Kier molecular flexibility index (Phi) is 7.01. The summed E-state index contributed by atoms with van der Waals surface area (Å²) in [5, 5.41) is 0. The van der Waals surface area contributed by atoms with Gasteiger partial charge in [0.25, 0.3) is 5.91 Å². The number of nitrogens with zero attached hydrogens (tertiary/aromatic N) is 2. The zero-order valence-electron chi connectivity index (χ0n) is 14.6. The molecule has 0 aliphatic carbocycles. The van der Waals surface area contributed by atoms with Crippen LogP contribution in [-0.2, 0) is 10.0 Å². The molecule has 0 radical (unpaired) electrons. The van der Waals surface area contributed by atoms with Gasteiger partial charge in [-0.3, -0.25) is 4.79 Å². The quantitative estimate of drug-likeness (QED) is 0.830. The van der Waals surface area contributed by atoms with Crippen LogP contribution in [0.1, 0.15) is 42.5 Å². The van der Waals surface area contributed by atoms with Gasteiger partial charge in [0.1, 0.15) is 5.82 Å². The second-order valence-electron chi connectivity index (χ2n) is 6.64. The van der Waals surface area contributed by atoms with Crippen molar-refractivity contribution in [2.24, 2.45) is 5.73 Å². The van der Waals surface area contributed by atoms with Crippen LogP contribution in [0.3, 0.4) is 0 Å². The lowest BCUT2D eigenvalue weighted by atomic mass is 10.1. The highest BCUT2D eigenvalue weighted by Crippen LogP contribution is 2.26. The number of sulfonamides is 1. The van der Waals surface area contributed by atoms with Gasteiger partial charge in [-0.05, 0) is 43.9 Å². The fourth-order valence-corrected chi connectivity index (χ4v) is 5.30. The van der Waals surface area contributed by atoms with E-state index in [0.29, 0.717) is 26.1 Å². The van der Waals surface area contributed by atoms with Crippen LogP contribution in [0, 0.1) is 5.82 Å². The molecule has 146 valence electrons. The van der Waals surface area contributed by atoms with Crippen LogP contribution in [0.2, 0.25) is 0 Å². The van der Waals surface area contributed by atoms with Crippen LogP contribution in [0.15, 0.2) is 23.1 Å². The van der Waals surface area contributed by atoms with E-state index in [1.807, 2.05) is 0 Å². The number of carbonyl (C=O) groups excluding carboxylic acids is 1. The van der Waals surface area contributed by atoms with Crippen molar-refractivity contribution in [2.45, 2.75) is 43.0 Å². The van der Waals surface area contributed by atoms with Gasteiger partial charge < -0.3 is 10.6 Å². The number of nitrogens with two attached hydrogens (primary N) is 1. The lowest BCUT2D eigenvalue weighted by molar-refractivity contribution is 0.0788. The summed E-state index contributed by atoms with van der Waals surface area (Å²) in [6.07, 6.45) is 4.24. The van der Waals surface area contributed by atoms with Gasteiger partial charge in [-0.25, -0.2) is 12.8 Å². The third kappa shape index (κ3) is 4.03. The predicted molar refractivity (Wildman–Crippen MR) is 99.4 cm³/mol. The molecule has 1 aromatic carbocycles. The second kappa shape index (κ2) is 8.65. The first-order valence-electron chi connectivity index (χ1n) is 8.76. The Balaban J connectivity index is 0.00000243. The largest absolute Gasteiger partial charge is 0.339 e. The standard InChI is InChI=1S/C17H24FN3O3S.ClH/c18-16-11-14(6-7-15(16)17(22)20-8-3-4-9-20)25(23,24)21-10-2-1-5-13(21)12-19;/h6-7,11,13H,1-5,8-10,12,19H2;1H. The number of halogens is 2. The first kappa shape index (κ1) is 21.1. The Morgan fingerprint density at radius 3 is 2.42 bits per heavy atom. The van der Waals surface area contributed by atoms with Crippen molar-refractivity contribution in [1.82, 2.24) is 9.21 Å². The van der Waals surface area contributed by atoms with E-state index in [0.717, 1.165) is 31.7 Å². The van der Waals surface area contributed by atoms with Crippen LogP contribution in [0.4, 0.5) is 4.39 Å². The molecule has 0 saturated carbocycles. The van der Waals surface area contributed by atoms with Crippen molar-refractivity contribution in [3.63, 3.8) is 0 Å². The molecular weight excluding hydrogens is 381 g/mol. The Hall–Kier alpha value is -1.22. The molecule has 2 saturated heterocycles. The summed E-state index contributed by atoms with van der Waals surface area (Å²) in [5.74, 6) is -1.17. The molecule has 2 aliphatic heterocycles. The minimum Gasteiger partial charge on any atom is -0.339 e. The van der Waals surface area contributed by atoms with Crippen LogP contribution in [-0.4, -0.2) is 55.8 Å². The maximum absolute atomic E-state index is 14.5. The lowest BCUT2D eigenvalue weighted by Gasteiger charge is -2.33. The van der Waals surface area contributed by atoms with Gasteiger partial charge in [-0.2, -0.15) is 4.31 Å². The van der Waals surface area contributed by atoms with Gasteiger partial charge in [0, 0.05) is 32.2 Å². The third-order valence-corrected chi connectivity index (χ3v) is 6.96. The molecule has 0 bridgehead atoms. The van der Waals surface area contributed by atoms with E-state index in [1.54, 1.807) is 4.90 Å². The number of benzene rings is 1. The van der Waals surface area contributed by atoms with E-state index in [9.17, 15) is 17.6 Å². The summed E-state index contributed by atoms with van der Waals surface area (Å²) < 4.78 is 41.6. The molecule has 1 unspecified atom stereocenters. The SMILES string of the molecule is Cl.NCC1CCCCN1S(=O)(=O)c1ccc(C(=O)N2CCCC2)c(F)c1. The van der Waals surface area contributed by atoms with Crippen molar-refractivity contribution >= 4 is 28.3 Å². The van der Waals surface area contributed by atoms with Crippen molar-refractivity contribution in [2.75, 3.05) is 26.2 Å². The molecule has 1 aromatic rings. The molecular formula is C17H25ClFN3O3S. The zero-order valence-corrected chi connectivity index (χ0v) is 16.2. The third-order valence-electron chi connectivity index (χ3n) is 5.02. The number of piperidine rings is 1. The number of amides is 1. The average molecular weight is 406 g/mol. The molecule has 26 heavy (non-hydrogen) atoms. The van der Waals surface area contributed by atoms with Crippen LogP contribution in [0.25, 0.3) is 0 Å². The minimum absolute atomic E-state index is 0. The van der Waals surface area contributed by atoms with Gasteiger partial charge in [-0.1, -0.05) is 6.42 Å². The maximum atomic E-state index is 14.5. The summed E-state index contributed by atoms with van der Waals surface area (Å²) in [7, 11) is -3.82. The van der Waals surface area contributed by atoms with Crippen LogP contribution < -0.4 is 5.73 Å². The second-order valence-corrected chi connectivity index (χ2v) is 8.53. The van der Waals surface area contributed by atoms with Crippen molar-refractivity contribution < 1.29 is 17.6 Å². The van der Waals surface area contributed by atoms with Gasteiger partial charge in [-0.15, -0.1) is 12.4 Å². The summed E-state index contributed by atoms with van der Waals surface area (Å²) in [5.41, 5.74) is 5.63. The van der Waals surface area contributed by atoms with E-state index >= 15 is 0 Å². The van der Waals surface area contributed by atoms with Gasteiger partial charge in [0.15, 0.2) is 0 Å². The fourth-order valence-electron chi connectivity index (χ4n) is 3.58. The number of likely N-dealkylation sites (tertiary alicyclic amines) is 1. The molecule has 1 amide bonds. The van der Waals surface area contributed by atoms with Crippen LogP contribution >= 0.6 is 12.4 Å². The predicted octanol–water partition coefficient (Wildman–Crippen LogP) is 1.99. The van der Waals surface area contributed by atoms with E-state index in [-0.39, 0.29) is 41.4 Å². The highest BCUT2D eigenvalue weighted by Gasteiger charge is 2.33. The van der Waals surface area contributed by atoms with Gasteiger partial charge >= 0.3 is 0 Å². The Morgan fingerprint density at radius 1 is 1.15 bits per heavy atom. The molecule has 2 heterocycles. The molecule has 2 N–H and O–H groups in total. The molecule has 9 heteroatoms. The maximum Gasteiger partial charge on any atom is 0.256 e. The van der Waals surface area contributed by atoms with Gasteiger partial charge in [0.2, 0.25) is 10.0 Å². The lowest BCUT2D eigenvalue weighted by Crippen LogP contribution is -2.47. The van der Waals surface area contributed by atoms with Crippen molar-refractivity contribution in [3.05, 3.63) is 29.6 Å². The minimum atomic E-state index is -3.82. The van der Waals surface area contributed by atoms with Crippen molar-refractivity contribution in [3.8, 4) is 0 Å². The Bertz CT molecular complexity index is 754. The normalized spacial score (nSPS) is 21.5. The monoisotopic (exact) mass is 405 g/mol. The average Bonchev–Trinajstić information content (AvgIpc) is 3.15. The molecule has 6 nitrogen and oxygen atoms in total. The van der Waals surface area contributed by atoms with Crippen LogP contribution in [0.5, 0.6) is 0 Å². The summed E-state index contributed by atoms with van der Waals surface area (Å²) >= 11 is 0. The van der Waals surface area contributed by atoms with E-state index < -0.39 is 15.8 Å². The molecule has 3 rings (SSSR count). The highest BCUT2D eigenvalue weighted by atomic mass is 35.5. The number of hydrogen-bond acceptors (Lipinski definition) is 4.